The highest BCUT2D eigenvalue weighted by molar-refractivity contribution is 7.99. The molecule has 0 amide bonds. The van der Waals surface area contributed by atoms with Gasteiger partial charge >= 0.3 is 0 Å². The molecular formula is C9H18N6OS. The molecule has 0 saturated heterocycles. The van der Waals surface area contributed by atoms with E-state index in [1.807, 2.05) is 18.7 Å². The van der Waals surface area contributed by atoms with Gasteiger partial charge in [0.25, 0.3) is 0 Å². The Labute approximate surface area is 105 Å². The molecule has 0 saturated carbocycles. The predicted molar refractivity (Wildman–Crippen MR) is 69.0 cm³/mol. The van der Waals surface area contributed by atoms with Gasteiger partial charge in [0.1, 0.15) is 0 Å². The predicted octanol–water partition coefficient (Wildman–Crippen LogP) is 0.0878. The van der Waals surface area contributed by atoms with Crippen LogP contribution in [0.15, 0.2) is 5.16 Å². The Kier molecular flexibility index (Phi) is 5.95. The molecule has 0 atom stereocenters. The number of nitrogens with one attached hydrogen (secondary N) is 1. The number of thioether (sulfide) groups is 1. The maximum Gasteiger partial charge on any atom is 0.242 e. The second kappa shape index (κ2) is 7.25. The van der Waals surface area contributed by atoms with E-state index in [1.54, 1.807) is 0 Å². The summed E-state index contributed by atoms with van der Waals surface area (Å²) >= 11 is 1.37. The van der Waals surface area contributed by atoms with Gasteiger partial charge in [0.05, 0.1) is 6.61 Å². The van der Waals surface area contributed by atoms with E-state index in [1.165, 1.54) is 11.8 Å². The zero-order valence-electron chi connectivity index (χ0n) is 10.1. The number of aliphatic hydroxyl groups excluding tert-OH is 1. The summed E-state index contributed by atoms with van der Waals surface area (Å²) in [5.74, 6) is 6.80. The van der Waals surface area contributed by atoms with E-state index < -0.39 is 0 Å². The van der Waals surface area contributed by atoms with Crippen LogP contribution in [-0.4, -0.2) is 45.5 Å². The summed E-state index contributed by atoms with van der Waals surface area (Å²) in [7, 11) is 0. The lowest BCUT2D eigenvalue weighted by Gasteiger charge is -2.19. The minimum Gasteiger partial charge on any atom is -0.396 e. The van der Waals surface area contributed by atoms with Crippen LogP contribution in [0.4, 0.5) is 11.9 Å². The fourth-order valence-corrected chi connectivity index (χ4v) is 1.83. The third kappa shape index (κ3) is 3.99. The first-order chi connectivity index (χ1) is 8.24. The fourth-order valence-electron chi connectivity index (χ4n) is 1.26. The van der Waals surface area contributed by atoms with Gasteiger partial charge in [-0.3, -0.25) is 5.43 Å². The van der Waals surface area contributed by atoms with Crippen molar-refractivity contribution in [3.8, 4) is 0 Å². The number of anilines is 2. The molecule has 0 unspecified atom stereocenters. The van der Waals surface area contributed by atoms with Crippen LogP contribution in [0.5, 0.6) is 0 Å². The molecule has 96 valence electrons. The lowest BCUT2D eigenvalue weighted by molar-refractivity contribution is 0.322. The first kappa shape index (κ1) is 13.9. The minimum atomic E-state index is 0.0857. The van der Waals surface area contributed by atoms with Gasteiger partial charge in [-0.15, -0.1) is 0 Å². The number of hydrogen-bond acceptors (Lipinski definition) is 8. The van der Waals surface area contributed by atoms with E-state index >= 15 is 0 Å². The molecule has 17 heavy (non-hydrogen) atoms. The van der Waals surface area contributed by atoms with Crippen LogP contribution >= 0.6 is 11.8 Å². The van der Waals surface area contributed by atoms with Gasteiger partial charge in [0.15, 0.2) is 5.16 Å². The van der Waals surface area contributed by atoms with E-state index in [2.05, 4.69) is 20.4 Å². The molecule has 1 aromatic rings. The van der Waals surface area contributed by atoms with Crippen LogP contribution in [0.3, 0.4) is 0 Å². The highest BCUT2D eigenvalue weighted by Crippen LogP contribution is 2.17. The molecule has 0 aliphatic rings. The van der Waals surface area contributed by atoms with E-state index in [-0.39, 0.29) is 6.61 Å². The monoisotopic (exact) mass is 258 g/mol. The van der Waals surface area contributed by atoms with Gasteiger partial charge < -0.3 is 10.0 Å². The molecule has 1 aromatic heterocycles. The van der Waals surface area contributed by atoms with Crippen LogP contribution in [0.1, 0.15) is 13.8 Å². The van der Waals surface area contributed by atoms with Crippen molar-refractivity contribution in [1.29, 1.82) is 0 Å². The van der Waals surface area contributed by atoms with Crippen molar-refractivity contribution in [3.05, 3.63) is 0 Å². The third-order valence-corrected chi connectivity index (χ3v) is 2.93. The molecule has 0 radical (unpaired) electrons. The zero-order chi connectivity index (χ0) is 12.7. The molecule has 1 rings (SSSR count). The Morgan fingerprint density at radius 3 is 2.53 bits per heavy atom. The Morgan fingerprint density at radius 1 is 1.29 bits per heavy atom. The fraction of sp³-hybridized carbons (Fsp3) is 0.667. The summed E-state index contributed by atoms with van der Waals surface area (Å²) in [6.45, 7) is 5.78. The molecule has 7 nitrogen and oxygen atoms in total. The summed E-state index contributed by atoms with van der Waals surface area (Å²) in [6.07, 6.45) is 0. The molecule has 0 fully saturated rings. The Bertz CT molecular complexity index is 346. The molecule has 0 aliphatic heterocycles. The summed E-state index contributed by atoms with van der Waals surface area (Å²) in [5.41, 5.74) is 2.42. The Hall–Kier alpha value is -1.12. The lowest BCUT2D eigenvalue weighted by Crippen LogP contribution is -2.25. The normalized spacial score (nSPS) is 10.4. The maximum absolute atomic E-state index is 8.78. The summed E-state index contributed by atoms with van der Waals surface area (Å²) in [6, 6.07) is 0. The molecule has 4 N–H and O–H groups in total. The van der Waals surface area contributed by atoms with Crippen LogP contribution in [0.25, 0.3) is 0 Å². The summed E-state index contributed by atoms with van der Waals surface area (Å²) in [4.78, 5) is 14.6. The highest BCUT2D eigenvalue weighted by atomic mass is 32.2. The van der Waals surface area contributed by atoms with Crippen molar-refractivity contribution in [2.75, 3.05) is 35.8 Å². The largest absolute Gasteiger partial charge is 0.396 e. The second-order valence-corrected chi connectivity index (χ2v) is 4.19. The van der Waals surface area contributed by atoms with Crippen molar-refractivity contribution in [2.45, 2.75) is 19.0 Å². The average Bonchev–Trinajstić information content (AvgIpc) is 2.37. The van der Waals surface area contributed by atoms with Gasteiger partial charge in [-0.05, 0) is 13.8 Å². The molecule has 0 aliphatic carbocycles. The third-order valence-electron chi connectivity index (χ3n) is 2.10. The van der Waals surface area contributed by atoms with E-state index in [0.29, 0.717) is 22.8 Å². The van der Waals surface area contributed by atoms with Crippen molar-refractivity contribution in [3.63, 3.8) is 0 Å². The first-order valence-electron chi connectivity index (χ1n) is 5.46. The van der Waals surface area contributed by atoms with Gasteiger partial charge in [-0.1, -0.05) is 11.8 Å². The number of rotatable bonds is 7. The smallest absolute Gasteiger partial charge is 0.242 e. The Balaban J connectivity index is 2.95. The number of hydrazine groups is 1. The van der Waals surface area contributed by atoms with E-state index in [9.17, 15) is 0 Å². The number of nitrogens with two attached hydrogens (primary N) is 1. The van der Waals surface area contributed by atoms with Crippen molar-refractivity contribution in [1.82, 2.24) is 15.0 Å². The molecule has 1 heterocycles. The van der Waals surface area contributed by atoms with E-state index in [4.69, 9.17) is 10.9 Å². The van der Waals surface area contributed by atoms with Gasteiger partial charge in [0, 0.05) is 18.8 Å². The first-order valence-corrected chi connectivity index (χ1v) is 6.45. The SMILES string of the molecule is CCN(CC)c1nc(NN)nc(SCCO)n1. The van der Waals surface area contributed by atoms with Crippen molar-refractivity contribution in [2.24, 2.45) is 5.84 Å². The van der Waals surface area contributed by atoms with Crippen molar-refractivity contribution < 1.29 is 5.11 Å². The summed E-state index contributed by atoms with van der Waals surface area (Å²) < 4.78 is 0. The van der Waals surface area contributed by atoms with Crippen LogP contribution in [0, 0.1) is 0 Å². The van der Waals surface area contributed by atoms with Crippen LogP contribution in [0.2, 0.25) is 0 Å². The van der Waals surface area contributed by atoms with Crippen LogP contribution in [-0.2, 0) is 0 Å². The number of hydrogen-bond donors (Lipinski definition) is 3. The maximum atomic E-state index is 8.78. The number of nitrogens with zero attached hydrogens (tertiary/aromatic N) is 4. The number of aromatic nitrogens is 3. The van der Waals surface area contributed by atoms with E-state index in [0.717, 1.165) is 13.1 Å². The minimum absolute atomic E-state index is 0.0857. The quantitative estimate of drug-likeness (QED) is 0.359. The number of nitrogen functional groups attached to an aromatic ring is 1. The molecule has 0 bridgehead atoms. The molecule has 0 aromatic carbocycles. The lowest BCUT2D eigenvalue weighted by atomic mass is 10.5. The van der Waals surface area contributed by atoms with Gasteiger partial charge in [0.2, 0.25) is 11.9 Å². The second-order valence-electron chi connectivity index (χ2n) is 3.13. The topological polar surface area (TPSA) is 100 Å². The molecule has 0 spiro atoms. The Morgan fingerprint density at radius 2 is 2.00 bits per heavy atom. The van der Waals surface area contributed by atoms with Crippen LogP contribution < -0.4 is 16.2 Å². The highest BCUT2D eigenvalue weighted by Gasteiger charge is 2.10. The average molecular weight is 258 g/mol. The van der Waals surface area contributed by atoms with Gasteiger partial charge in [-0.2, -0.15) is 15.0 Å². The zero-order valence-corrected chi connectivity index (χ0v) is 10.9. The van der Waals surface area contributed by atoms with Gasteiger partial charge in [-0.25, -0.2) is 5.84 Å². The standard InChI is InChI=1S/C9H18N6OS/c1-3-15(4-2)8-11-7(14-10)12-9(13-8)17-6-5-16/h16H,3-6,10H2,1-2H3,(H,11,12,13,14). The summed E-state index contributed by atoms with van der Waals surface area (Å²) in [5, 5.41) is 9.34. The number of aliphatic hydroxyl groups is 1. The molecule has 8 heteroatoms. The van der Waals surface area contributed by atoms with Crippen molar-refractivity contribution >= 4 is 23.7 Å². The molecular weight excluding hydrogens is 240 g/mol.